The monoisotopic (exact) mass is 311 g/mol. The first kappa shape index (κ1) is 16.5. The lowest BCUT2D eigenvalue weighted by atomic mass is 10.1. The van der Waals surface area contributed by atoms with Gasteiger partial charge in [-0.2, -0.15) is 4.31 Å². The van der Waals surface area contributed by atoms with E-state index in [0.717, 1.165) is 24.0 Å². The molecule has 0 heterocycles. The van der Waals surface area contributed by atoms with E-state index in [1.165, 1.54) is 0 Å². The van der Waals surface area contributed by atoms with Crippen LogP contribution in [-0.4, -0.2) is 30.4 Å². The summed E-state index contributed by atoms with van der Waals surface area (Å²) in [5.74, 6) is 0.295. The van der Waals surface area contributed by atoms with Crippen molar-refractivity contribution in [3.8, 4) is 0 Å². The lowest BCUT2D eigenvalue weighted by Crippen LogP contribution is -2.36. The standard InChI is InChI=1S/C16H25NO3S/c1-11(2)9-17(15-5-6-15)21(19,20)16-8-14(10-18)12(3)7-13(16)4/h7-8,11,15,18H,5-6,9-10H2,1-4H3. The molecule has 0 spiro atoms. The highest BCUT2D eigenvalue weighted by Crippen LogP contribution is 2.34. The van der Waals surface area contributed by atoms with E-state index in [9.17, 15) is 13.5 Å². The summed E-state index contributed by atoms with van der Waals surface area (Å²) in [6.45, 7) is 8.19. The number of rotatable bonds is 6. The third-order valence-electron chi connectivity index (χ3n) is 3.89. The second-order valence-electron chi connectivity index (χ2n) is 6.40. The lowest BCUT2D eigenvalue weighted by molar-refractivity contribution is 0.280. The van der Waals surface area contributed by atoms with Crippen LogP contribution < -0.4 is 0 Å². The molecule has 2 rings (SSSR count). The molecule has 5 heteroatoms. The Hall–Kier alpha value is -0.910. The molecule has 1 aliphatic carbocycles. The van der Waals surface area contributed by atoms with Crippen molar-refractivity contribution in [1.29, 1.82) is 0 Å². The van der Waals surface area contributed by atoms with Gasteiger partial charge in [-0.25, -0.2) is 8.42 Å². The van der Waals surface area contributed by atoms with Crippen LogP contribution in [-0.2, 0) is 16.6 Å². The van der Waals surface area contributed by atoms with Gasteiger partial charge in [0.25, 0.3) is 0 Å². The third kappa shape index (κ3) is 3.47. The van der Waals surface area contributed by atoms with E-state index in [1.807, 2.05) is 33.8 Å². The number of aryl methyl sites for hydroxylation is 2. The minimum atomic E-state index is -3.49. The molecule has 1 aromatic carbocycles. The van der Waals surface area contributed by atoms with Crippen molar-refractivity contribution >= 4 is 10.0 Å². The number of hydrogen-bond donors (Lipinski definition) is 1. The average molecular weight is 311 g/mol. The zero-order valence-corrected chi connectivity index (χ0v) is 14.1. The predicted molar refractivity (Wildman–Crippen MR) is 83.6 cm³/mol. The fraction of sp³-hybridized carbons (Fsp3) is 0.625. The number of hydrogen-bond acceptors (Lipinski definition) is 3. The summed E-state index contributed by atoms with van der Waals surface area (Å²) in [4.78, 5) is 0.338. The summed E-state index contributed by atoms with van der Waals surface area (Å²) in [5.41, 5.74) is 2.36. The molecule has 1 N–H and O–H groups in total. The Balaban J connectivity index is 2.46. The number of sulfonamides is 1. The Morgan fingerprint density at radius 3 is 2.33 bits per heavy atom. The predicted octanol–water partition coefficient (Wildman–Crippen LogP) is 2.60. The maximum Gasteiger partial charge on any atom is 0.243 e. The van der Waals surface area contributed by atoms with Gasteiger partial charge in [-0.05, 0) is 55.4 Å². The summed E-state index contributed by atoms with van der Waals surface area (Å²) in [5, 5.41) is 9.40. The van der Waals surface area contributed by atoms with Crippen LogP contribution in [0.2, 0.25) is 0 Å². The molecule has 1 aromatic rings. The van der Waals surface area contributed by atoms with Crippen LogP contribution in [0.5, 0.6) is 0 Å². The van der Waals surface area contributed by atoms with Gasteiger partial charge in [0.1, 0.15) is 0 Å². The first-order valence-electron chi connectivity index (χ1n) is 7.50. The van der Waals surface area contributed by atoms with Crippen molar-refractivity contribution in [2.24, 2.45) is 5.92 Å². The largest absolute Gasteiger partial charge is 0.392 e. The molecule has 0 bridgehead atoms. The second kappa shape index (κ2) is 6.07. The van der Waals surface area contributed by atoms with Crippen molar-refractivity contribution in [2.45, 2.75) is 58.1 Å². The Bertz CT molecular complexity index is 619. The highest BCUT2D eigenvalue weighted by atomic mass is 32.2. The molecule has 0 atom stereocenters. The van der Waals surface area contributed by atoms with E-state index in [-0.39, 0.29) is 12.6 Å². The SMILES string of the molecule is Cc1cc(C)c(S(=O)(=O)N(CC(C)C)C2CC2)cc1CO. The van der Waals surface area contributed by atoms with Gasteiger partial charge in [0.05, 0.1) is 11.5 Å². The van der Waals surface area contributed by atoms with E-state index in [2.05, 4.69) is 0 Å². The zero-order valence-electron chi connectivity index (χ0n) is 13.3. The molecule has 21 heavy (non-hydrogen) atoms. The maximum atomic E-state index is 13.0. The quantitative estimate of drug-likeness (QED) is 0.878. The second-order valence-corrected chi connectivity index (χ2v) is 8.26. The van der Waals surface area contributed by atoms with Crippen LogP contribution in [0.25, 0.3) is 0 Å². The highest BCUT2D eigenvalue weighted by molar-refractivity contribution is 7.89. The summed E-state index contributed by atoms with van der Waals surface area (Å²) >= 11 is 0. The molecule has 0 radical (unpaired) electrons. The number of aliphatic hydroxyl groups excluding tert-OH is 1. The van der Waals surface area contributed by atoms with Crippen LogP contribution in [0.1, 0.15) is 43.4 Å². The summed E-state index contributed by atoms with van der Waals surface area (Å²) in [6.07, 6.45) is 1.90. The Kier molecular flexibility index (Phi) is 4.76. The molecule has 1 saturated carbocycles. The van der Waals surface area contributed by atoms with Gasteiger partial charge in [-0.15, -0.1) is 0 Å². The van der Waals surface area contributed by atoms with Gasteiger partial charge in [0.15, 0.2) is 0 Å². The molecule has 4 nitrogen and oxygen atoms in total. The van der Waals surface area contributed by atoms with Crippen LogP contribution in [0.4, 0.5) is 0 Å². The highest BCUT2D eigenvalue weighted by Gasteiger charge is 2.38. The van der Waals surface area contributed by atoms with Crippen LogP contribution in [0, 0.1) is 19.8 Å². The fourth-order valence-corrected chi connectivity index (χ4v) is 4.72. The molecule has 0 aliphatic heterocycles. The van der Waals surface area contributed by atoms with Crippen LogP contribution in [0.3, 0.4) is 0 Å². The summed E-state index contributed by atoms with van der Waals surface area (Å²) in [6, 6.07) is 3.63. The minimum Gasteiger partial charge on any atom is -0.392 e. The van der Waals surface area contributed by atoms with Gasteiger partial charge >= 0.3 is 0 Å². The molecule has 0 amide bonds. The van der Waals surface area contributed by atoms with Crippen LogP contribution >= 0.6 is 0 Å². The molecular weight excluding hydrogens is 286 g/mol. The van der Waals surface area contributed by atoms with Gasteiger partial charge in [-0.3, -0.25) is 0 Å². The van der Waals surface area contributed by atoms with Gasteiger partial charge < -0.3 is 5.11 Å². The Morgan fingerprint density at radius 2 is 1.86 bits per heavy atom. The van der Waals surface area contributed by atoms with Gasteiger partial charge in [0, 0.05) is 12.6 Å². The van der Waals surface area contributed by atoms with E-state index in [4.69, 9.17) is 0 Å². The van der Waals surface area contributed by atoms with E-state index >= 15 is 0 Å². The minimum absolute atomic E-state index is 0.137. The van der Waals surface area contributed by atoms with E-state index in [0.29, 0.717) is 22.9 Å². The molecule has 1 fully saturated rings. The Morgan fingerprint density at radius 1 is 1.24 bits per heavy atom. The van der Waals surface area contributed by atoms with Gasteiger partial charge in [0.2, 0.25) is 10.0 Å². The normalized spacial score (nSPS) is 16.0. The Labute approximate surface area is 127 Å². The maximum absolute atomic E-state index is 13.0. The van der Waals surface area contributed by atoms with Crippen molar-refractivity contribution in [2.75, 3.05) is 6.54 Å². The molecule has 0 saturated heterocycles. The van der Waals surface area contributed by atoms with Crippen LogP contribution in [0.15, 0.2) is 17.0 Å². The third-order valence-corrected chi connectivity index (χ3v) is 5.95. The topological polar surface area (TPSA) is 57.6 Å². The fourth-order valence-electron chi connectivity index (χ4n) is 2.61. The van der Waals surface area contributed by atoms with Crippen molar-refractivity contribution in [3.05, 3.63) is 28.8 Å². The van der Waals surface area contributed by atoms with Crippen molar-refractivity contribution in [1.82, 2.24) is 4.31 Å². The molecule has 0 aromatic heterocycles. The number of nitrogens with zero attached hydrogens (tertiary/aromatic N) is 1. The first-order valence-corrected chi connectivity index (χ1v) is 8.94. The van der Waals surface area contributed by atoms with Crippen molar-refractivity contribution < 1.29 is 13.5 Å². The molecular formula is C16H25NO3S. The first-order chi connectivity index (χ1) is 9.77. The number of benzene rings is 1. The smallest absolute Gasteiger partial charge is 0.243 e. The summed E-state index contributed by atoms with van der Waals surface area (Å²) in [7, 11) is -3.49. The van der Waals surface area contributed by atoms with Gasteiger partial charge in [-0.1, -0.05) is 19.9 Å². The number of aliphatic hydroxyl groups is 1. The molecule has 1 aliphatic rings. The average Bonchev–Trinajstić information content (AvgIpc) is 3.19. The summed E-state index contributed by atoms with van der Waals surface area (Å²) < 4.78 is 27.6. The molecule has 118 valence electrons. The molecule has 0 unspecified atom stereocenters. The van der Waals surface area contributed by atoms with E-state index in [1.54, 1.807) is 10.4 Å². The zero-order chi connectivity index (χ0) is 15.8. The lowest BCUT2D eigenvalue weighted by Gasteiger charge is -2.25. The van der Waals surface area contributed by atoms with Crippen molar-refractivity contribution in [3.63, 3.8) is 0 Å². The van der Waals surface area contributed by atoms with E-state index < -0.39 is 10.0 Å².